The van der Waals surface area contributed by atoms with Gasteiger partial charge in [0.25, 0.3) is 0 Å². The van der Waals surface area contributed by atoms with E-state index in [0.717, 1.165) is 55.0 Å². The first-order valence-corrected chi connectivity index (χ1v) is 22.0. The van der Waals surface area contributed by atoms with Crippen molar-refractivity contribution in [3.05, 3.63) is 212 Å². The summed E-state index contributed by atoms with van der Waals surface area (Å²) in [6, 6.07) is 75.8. The first-order valence-electron chi connectivity index (χ1n) is 21.2. The van der Waals surface area contributed by atoms with Crippen LogP contribution in [0.5, 0.6) is 0 Å². The maximum Gasteiger partial charge on any atom is 0.238 e. The van der Waals surface area contributed by atoms with E-state index >= 15 is 0 Å². The van der Waals surface area contributed by atoms with Crippen molar-refractivity contribution in [3.8, 4) is 56.7 Å². The van der Waals surface area contributed by atoms with Crippen molar-refractivity contribution in [1.29, 1.82) is 0 Å². The predicted molar refractivity (Wildman–Crippen MR) is 263 cm³/mol. The normalized spacial score (nSPS) is 11.8. The van der Waals surface area contributed by atoms with E-state index in [4.69, 9.17) is 15.0 Å². The van der Waals surface area contributed by atoms with Crippen molar-refractivity contribution in [1.82, 2.24) is 24.1 Å². The molecule has 4 heterocycles. The van der Waals surface area contributed by atoms with E-state index in [9.17, 15) is 0 Å². The smallest absolute Gasteiger partial charge is 0.238 e. The van der Waals surface area contributed by atoms with Gasteiger partial charge in [-0.2, -0.15) is 9.97 Å². The topological polar surface area (TPSA) is 48.5 Å². The average Bonchev–Trinajstić information content (AvgIpc) is 4.00. The van der Waals surface area contributed by atoms with E-state index < -0.39 is 0 Å². The molecule has 9 aromatic carbocycles. The van der Waals surface area contributed by atoms with Gasteiger partial charge in [0.1, 0.15) is 0 Å². The highest BCUT2D eigenvalue weighted by Crippen LogP contribution is 2.43. The van der Waals surface area contributed by atoms with Gasteiger partial charge in [0.15, 0.2) is 11.6 Å². The van der Waals surface area contributed by atoms with Crippen LogP contribution >= 0.6 is 11.3 Å². The van der Waals surface area contributed by atoms with Crippen LogP contribution in [0.4, 0.5) is 0 Å². The zero-order valence-electron chi connectivity index (χ0n) is 33.9. The van der Waals surface area contributed by atoms with Crippen LogP contribution in [-0.2, 0) is 0 Å². The van der Waals surface area contributed by atoms with Gasteiger partial charge in [-0.05, 0) is 59.2 Å². The molecule has 0 N–H and O–H groups in total. The Balaban J connectivity index is 1.09. The van der Waals surface area contributed by atoms with Gasteiger partial charge in [-0.15, -0.1) is 11.3 Å². The number of para-hydroxylation sites is 2. The molecule has 0 aliphatic rings. The van der Waals surface area contributed by atoms with Gasteiger partial charge >= 0.3 is 0 Å². The van der Waals surface area contributed by atoms with Gasteiger partial charge in [-0.3, -0.25) is 4.57 Å². The summed E-state index contributed by atoms with van der Waals surface area (Å²) in [5, 5.41) is 7.08. The molecule has 13 rings (SSSR count). The maximum absolute atomic E-state index is 5.35. The molecule has 0 unspecified atom stereocenters. The number of thiophene rings is 1. The Labute approximate surface area is 366 Å². The second-order valence-corrected chi connectivity index (χ2v) is 17.1. The van der Waals surface area contributed by atoms with E-state index in [0.29, 0.717) is 17.6 Å². The van der Waals surface area contributed by atoms with Crippen molar-refractivity contribution < 1.29 is 0 Å². The quantitative estimate of drug-likeness (QED) is 0.168. The summed E-state index contributed by atoms with van der Waals surface area (Å²) in [6.07, 6.45) is 0. The minimum atomic E-state index is 0.575. The molecule has 0 aliphatic carbocycles. The highest BCUT2D eigenvalue weighted by molar-refractivity contribution is 7.25. The molecule has 0 saturated carbocycles. The van der Waals surface area contributed by atoms with E-state index in [2.05, 4.69) is 203 Å². The lowest BCUT2D eigenvalue weighted by Crippen LogP contribution is -2.06. The molecule has 0 aliphatic heterocycles. The number of rotatable bonds is 6. The van der Waals surface area contributed by atoms with Gasteiger partial charge in [-0.1, -0.05) is 170 Å². The standard InChI is InChI=1S/C57H35N5S/c1-4-16-36(17-5-1)39-28-30-41(37-18-6-2-7-19-37)50(32-39)61-48-25-13-10-22-42(48)46-35-52-47(34-51(46)61)43-23-11-14-26-49(43)62(52)57-59-55(38-20-8-3-9-21-38)58-56(60-57)40-29-31-45-44-24-12-15-27-53(44)63-54(45)33-40/h1-35H. The fourth-order valence-electron chi connectivity index (χ4n) is 9.47. The second-order valence-electron chi connectivity index (χ2n) is 16.0. The Morgan fingerprint density at radius 2 is 0.825 bits per heavy atom. The molecular formula is C57H35N5S. The minimum absolute atomic E-state index is 0.575. The third-order valence-electron chi connectivity index (χ3n) is 12.4. The van der Waals surface area contributed by atoms with Crippen molar-refractivity contribution in [2.45, 2.75) is 0 Å². The molecule has 6 heteroatoms. The van der Waals surface area contributed by atoms with Crippen LogP contribution in [-0.4, -0.2) is 24.1 Å². The van der Waals surface area contributed by atoms with E-state index in [1.807, 2.05) is 18.2 Å². The summed E-state index contributed by atoms with van der Waals surface area (Å²) in [6.45, 7) is 0. The lowest BCUT2D eigenvalue weighted by atomic mass is 9.98. The first-order chi connectivity index (χ1) is 31.2. The summed E-state index contributed by atoms with van der Waals surface area (Å²) < 4.78 is 7.17. The third kappa shape index (κ3) is 5.73. The van der Waals surface area contributed by atoms with Gasteiger partial charge < -0.3 is 4.57 Å². The Morgan fingerprint density at radius 3 is 1.52 bits per heavy atom. The first kappa shape index (κ1) is 35.6. The van der Waals surface area contributed by atoms with Crippen LogP contribution in [0.3, 0.4) is 0 Å². The van der Waals surface area contributed by atoms with Crippen molar-refractivity contribution in [2.75, 3.05) is 0 Å². The van der Waals surface area contributed by atoms with Crippen molar-refractivity contribution >= 4 is 75.1 Å². The molecule has 0 atom stereocenters. The third-order valence-corrected chi connectivity index (χ3v) is 13.5. The van der Waals surface area contributed by atoms with E-state index in [-0.39, 0.29) is 0 Å². The van der Waals surface area contributed by atoms with Gasteiger partial charge in [0, 0.05) is 58.4 Å². The molecule has 0 spiro atoms. The molecule has 0 radical (unpaired) electrons. The SMILES string of the molecule is c1ccc(-c2ccc(-c3ccccc3)c(-n3c4ccccc4c4cc5c(cc43)c3ccccc3n5-c3nc(-c4ccccc4)nc(-c4ccc5c(c4)sc4ccccc45)n3)c2)cc1. The fraction of sp³-hybridized carbons (Fsp3) is 0. The number of hydrogen-bond donors (Lipinski definition) is 0. The fourth-order valence-corrected chi connectivity index (χ4v) is 10.6. The Bertz CT molecular complexity index is 3900. The highest BCUT2D eigenvalue weighted by Gasteiger charge is 2.23. The lowest BCUT2D eigenvalue weighted by Gasteiger charge is -2.16. The van der Waals surface area contributed by atoms with Crippen LogP contribution < -0.4 is 0 Å². The molecule has 4 aromatic heterocycles. The molecule has 5 nitrogen and oxygen atoms in total. The van der Waals surface area contributed by atoms with Crippen molar-refractivity contribution in [2.24, 2.45) is 0 Å². The van der Waals surface area contributed by atoms with Gasteiger partial charge in [-0.25, -0.2) is 4.98 Å². The molecular weight excluding hydrogens is 787 g/mol. The van der Waals surface area contributed by atoms with Gasteiger partial charge in [0.2, 0.25) is 5.95 Å². The molecule has 0 saturated heterocycles. The van der Waals surface area contributed by atoms with E-state index in [1.54, 1.807) is 11.3 Å². The number of aromatic nitrogens is 5. The summed E-state index contributed by atoms with van der Waals surface area (Å²) in [4.78, 5) is 15.8. The molecule has 0 fully saturated rings. The number of nitrogens with zero attached hydrogens (tertiary/aromatic N) is 5. The highest BCUT2D eigenvalue weighted by atomic mass is 32.1. The number of fused-ring (bicyclic) bond motifs is 9. The van der Waals surface area contributed by atoms with Crippen LogP contribution in [0.25, 0.3) is 120 Å². The zero-order chi connectivity index (χ0) is 41.4. The van der Waals surface area contributed by atoms with E-state index in [1.165, 1.54) is 47.8 Å². The summed E-state index contributed by atoms with van der Waals surface area (Å²) in [7, 11) is 0. The largest absolute Gasteiger partial charge is 0.309 e. The van der Waals surface area contributed by atoms with Crippen LogP contribution in [0, 0.1) is 0 Å². The minimum Gasteiger partial charge on any atom is -0.309 e. The molecule has 13 aromatic rings. The monoisotopic (exact) mass is 821 g/mol. The second kappa shape index (κ2) is 14.2. The van der Waals surface area contributed by atoms with Gasteiger partial charge in [0.05, 0.1) is 27.8 Å². The maximum atomic E-state index is 5.35. The molecule has 294 valence electrons. The Morgan fingerprint density at radius 1 is 0.302 bits per heavy atom. The summed E-state index contributed by atoms with van der Waals surface area (Å²) >= 11 is 1.80. The Kier molecular flexibility index (Phi) is 8.01. The molecule has 63 heavy (non-hydrogen) atoms. The number of benzene rings is 9. The Hall–Kier alpha value is -8.19. The van der Waals surface area contributed by atoms with Crippen LogP contribution in [0.15, 0.2) is 212 Å². The van der Waals surface area contributed by atoms with Crippen LogP contribution in [0.2, 0.25) is 0 Å². The zero-order valence-corrected chi connectivity index (χ0v) is 34.7. The predicted octanol–water partition coefficient (Wildman–Crippen LogP) is 15.1. The molecule has 0 amide bonds. The summed E-state index contributed by atoms with van der Waals surface area (Å²) in [5.74, 6) is 1.84. The van der Waals surface area contributed by atoms with Crippen molar-refractivity contribution in [3.63, 3.8) is 0 Å². The number of hydrogen-bond acceptors (Lipinski definition) is 4. The van der Waals surface area contributed by atoms with Crippen LogP contribution in [0.1, 0.15) is 0 Å². The average molecular weight is 822 g/mol. The molecule has 0 bridgehead atoms. The lowest BCUT2D eigenvalue weighted by molar-refractivity contribution is 0.954. The summed E-state index contributed by atoms with van der Waals surface area (Å²) in [5.41, 5.74) is 12.0.